The maximum Gasteiger partial charge on any atom is 0.306 e. The first-order valence-electron chi connectivity index (χ1n) is 9.33. The normalized spacial score (nSPS) is 27.9. The summed E-state index contributed by atoms with van der Waals surface area (Å²) in [5.41, 5.74) is 6.09. The van der Waals surface area contributed by atoms with E-state index in [0.29, 0.717) is 5.92 Å². The molecular weight excluding hydrogens is 310 g/mol. The lowest BCUT2D eigenvalue weighted by molar-refractivity contribution is -0.143. The van der Waals surface area contributed by atoms with Gasteiger partial charge in [-0.3, -0.25) is 4.79 Å². The third-order valence-corrected chi connectivity index (χ3v) is 6.69. The van der Waals surface area contributed by atoms with Crippen LogP contribution in [0.5, 0.6) is 0 Å². The minimum absolute atomic E-state index is 0.0912. The van der Waals surface area contributed by atoms with Crippen molar-refractivity contribution >= 4 is 5.97 Å². The molecule has 0 atom stereocenters. The van der Waals surface area contributed by atoms with E-state index in [-0.39, 0.29) is 11.3 Å². The van der Waals surface area contributed by atoms with Crippen molar-refractivity contribution in [2.45, 2.75) is 30.6 Å². The molecule has 3 aliphatic rings. The van der Waals surface area contributed by atoms with Crippen LogP contribution < -0.4 is 0 Å². The molecule has 1 aliphatic heterocycles. The van der Waals surface area contributed by atoms with Gasteiger partial charge in [-0.1, -0.05) is 48.5 Å². The van der Waals surface area contributed by atoms with E-state index in [4.69, 9.17) is 0 Å². The number of carboxylic acid groups (broad SMARTS) is 1. The average molecular weight is 333 g/mol. The molecule has 0 aromatic heterocycles. The molecule has 0 saturated carbocycles. The lowest BCUT2D eigenvalue weighted by atomic mass is 9.74. The number of nitrogens with zero attached hydrogens (tertiary/aromatic N) is 1. The van der Waals surface area contributed by atoms with Crippen LogP contribution in [0.15, 0.2) is 48.5 Å². The van der Waals surface area contributed by atoms with Crippen LogP contribution in [0.2, 0.25) is 0 Å². The van der Waals surface area contributed by atoms with Crippen molar-refractivity contribution < 1.29 is 9.90 Å². The predicted octanol–water partition coefficient (Wildman–Crippen LogP) is 3.62. The molecule has 2 aromatic rings. The van der Waals surface area contributed by atoms with Crippen molar-refractivity contribution in [1.82, 2.24) is 4.90 Å². The Morgan fingerprint density at radius 2 is 1.56 bits per heavy atom. The second kappa shape index (κ2) is 5.43. The number of aliphatic carboxylic acids is 1. The molecule has 1 N–H and O–H groups in total. The van der Waals surface area contributed by atoms with Crippen molar-refractivity contribution in [3.63, 3.8) is 0 Å². The summed E-state index contributed by atoms with van der Waals surface area (Å²) in [6.07, 6.45) is 2.72. The van der Waals surface area contributed by atoms with E-state index in [0.717, 1.165) is 32.5 Å². The van der Waals surface area contributed by atoms with E-state index in [1.54, 1.807) is 0 Å². The number of carbonyl (C=O) groups is 1. The zero-order valence-electron chi connectivity index (χ0n) is 14.3. The Labute approximate surface area is 148 Å². The Morgan fingerprint density at radius 1 is 1.00 bits per heavy atom. The van der Waals surface area contributed by atoms with Gasteiger partial charge in [-0.05, 0) is 54.6 Å². The van der Waals surface area contributed by atoms with Gasteiger partial charge in [-0.25, -0.2) is 0 Å². The Balaban J connectivity index is 1.50. The van der Waals surface area contributed by atoms with Crippen molar-refractivity contribution in [3.05, 3.63) is 70.8 Å². The van der Waals surface area contributed by atoms with Crippen LogP contribution in [0.4, 0.5) is 0 Å². The van der Waals surface area contributed by atoms with Gasteiger partial charge in [0.1, 0.15) is 0 Å². The lowest BCUT2D eigenvalue weighted by Crippen LogP contribution is -2.44. The zero-order chi connectivity index (χ0) is 17.0. The fourth-order valence-corrected chi connectivity index (χ4v) is 5.53. The number of piperidine rings is 1. The van der Waals surface area contributed by atoms with Crippen LogP contribution in [0, 0.1) is 5.92 Å². The first kappa shape index (κ1) is 15.2. The summed E-state index contributed by atoms with van der Waals surface area (Å²) in [4.78, 5) is 13.7. The van der Waals surface area contributed by atoms with Crippen LogP contribution in [-0.4, -0.2) is 35.6 Å². The van der Waals surface area contributed by atoms with Crippen molar-refractivity contribution in [1.29, 1.82) is 0 Å². The minimum atomic E-state index is -0.629. The second-order valence-corrected chi connectivity index (χ2v) is 7.90. The number of benzene rings is 2. The predicted molar refractivity (Wildman–Crippen MR) is 96.9 cm³/mol. The maximum atomic E-state index is 11.2. The van der Waals surface area contributed by atoms with E-state index in [1.807, 2.05) is 0 Å². The second-order valence-electron chi connectivity index (χ2n) is 7.90. The molecule has 1 saturated heterocycles. The van der Waals surface area contributed by atoms with E-state index in [2.05, 4.69) is 53.4 Å². The molecule has 1 heterocycles. The largest absolute Gasteiger partial charge is 0.481 e. The first-order chi connectivity index (χ1) is 12.2. The number of rotatable bonds is 3. The van der Waals surface area contributed by atoms with Crippen molar-refractivity contribution in [3.8, 4) is 0 Å². The Bertz CT molecular complexity index is 788. The van der Waals surface area contributed by atoms with Crippen LogP contribution >= 0.6 is 0 Å². The molecule has 2 aliphatic carbocycles. The van der Waals surface area contributed by atoms with Crippen LogP contribution in [0.25, 0.3) is 0 Å². The smallest absolute Gasteiger partial charge is 0.306 e. The Kier molecular flexibility index (Phi) is 3.29. The van der Waals surface area contributed by atoms with Crippen LogP contribution in [-0.2, 0) is 10.2 Å². The summed E-state index contributed by atoms with van der Waals surface area (Å²) in [6.45, 7) is 2.81. The number of hydrogen-bond acceptors (Lipinski definition) is 2. The van der Waals surface area contributed by atoms with Gasteiger partial charge in [-0.2, -0.15) is 0 Å². The van der Waals surface area contributed by atoms with Gasteiger partial charge in [0, 0.05) is 17.9 Å². The first-order valence-corrected chi connectivity index (χ1v) is 9.33. The standard InChI is InChI=1S/C22H23NO2/c24-21(25)15-9-11-23(12-10-15)14-22-13-18(16-5-1-3-7-19(16)22)17-6-2-4-8-20(17)22/h1-8,15,18H,9-14H2,(H,24,25). The average Bonchev–Trinajstić information content (AvgIpc) is 3.15. The number of carboxylic acids is 1. The van der Waals surface area contributed by atoms with Crippen LogP contribution in [0.3, 0.4) is 0 Å². The van der Waals surface area contributed by atoms with E-state index < -0.39 is 5.97 Å². The zero-order valence-corrected chi connectivity index (χ0v) is 14.3. The summed E-state index contributed by atoms with van der Waals surface area (Å²) in [7, 11) is 0. The topological polar surface area (TPSA) is 40.5 Å². The van der Waals surface area contributed by atoms with Gasteiger partial charge in [-0.15, -0.1) is 0 Å². The number of hydrogen-bond donors (Lipinski definition) is 1. The summed E-state index contributed by atoms with van der Waals surface area (Å²) >= 11 is 0. The molecular formula is C22H23NO2. The van der Waals surface area contributed by atoms with Gasteiger partial charge in [0.25, 0.3) is 0 Å². The molecule has 0 spiro atoms. The SMILES string of the molecule is O=C(O)C1CCN(CC23CC(c4ccccc42)c2ccccc23)CC1. The molecule has 1 fully saturated rings. The van der Waals surface area contributed by atoms with Gasteiger partial charge in [0.15, 0.2) is 0 Å². The monoisotopic (exact) mass is 333 g/mol. The number of fused-ring (bicyclic) bond motifs is 8. The molecule has 5 rings (SSSR count). The fraction of sp³-hybridized carbons (Fsp3) is 0.409. The molecule has 2 aromatic carbocycles. The van der Waals surface area contributed by atoms with Gasteiger partial charge in [0.2, 0.25) is 0 Å². The Hall–Kier alpha value is -2.13. The third kappa shape index (κ3) is 2.12. The summed E-state index contributed by atoms with van der Waals surface area (Å²) < 4.78 is 0. The molecule has 2 bridgehead atoms. The molecule has 0 unspecified atom stereocenters. The quantitative estimate of drug-likeness (QED) is 0.933. The third-order valence-electron chi connectivity index (χ3n) is 6.69. The maximum absolute atomic E-state index is 11.2. The summed E-state index contributed by atoms with van der Waals surface area (Å²) in [6, 6.07) is 17.9. The van der Waals surface area contributed by atoms with Gasteiger partial charge in [0.05, 0.1) is 5.92 Å². The highest BCUT2D eigenvalue weighted by Gasteiger charge is 2.53. The van der Waals surface area contributed by atoms with Crippen LogP contribution in [0.1, 0.15) is 47.4 Å². The molecule has 0 radical (unpaired) electrons. The highest BCUT2D eigenvalue weighted by Crippen LogP contribution is 2.60. The van der Waals surface area contributed by atoms with E-state index in [1.165, 1.54) is 28.7 Å². The highest BCUT2D eigenvalue weighted by molar-refractivity contribution is 5.70. The van der Waals surface area contributed by atoms with Gasteiger partial charge >= 0.3 is 5.97 Å². The van der Waals surface area contributed by atoms with E-state index in [9.17, 15) is 9.90 Å². The van der Waals surface area contributed by atoms with Gasteiger partial charge < -0.3 is 10.0 Å². The summed E-state index contributed by atoms with van der Waals surface area (Å²) in [5.74, 6) is -0.257. The molecule has 25 heavy (non-hydrogen) atoms. The lowest BCUT2D eigenvalue weighted by Gasteiger charge is -2.39. The van der Waals surface area contributed by atoms with E-state index >= 15 is 0 Å². The van der Waals surface area contributed by atoms with Crippen molar-refractivity contribution in [2.24, 2.45) is 5.92 Å². The minimum Gasteiger partial charge on any atom is -0.481 e. The van der Waals surface area contributed by atoms with Crippen molar-refractivity contribution in [2.75, 3.05) is 19.6 Å². The summed E-state index contributed by atoms with van der Waals surface area (Å²) in [5, 5.41) is 9.25. The number of likely N-dealkylation sites (tertiary alicyclic amines) is 1. The molecule has 0 amide bonds. The Morgan fingerprint density at radius 3 is 2.12 bits per heavy atom. The fourth-order valence-electron chi connectivity index (χ4n) is 5.53. The molecule has 3 heteroatoms. The molecule has 3 nitrogen and oxygen atoms in total. The molecule has 128 valence electrons. The highest BCUT2D eigenvalue weighted by atomic mass is 16.4.